The molecule has 0 aromatic heterocycles. The van der Waals surface area contributed by atoms with Gasteiger partial charge in [-0.1, -0.05) is 18.2 Å². The molecule has 1 aromatic carbocycles. The van der Waals surface area contributed by atoms with Gasteiger partial charge in [0.05, 0.1) is 12.7 Å². The standard InChI is InChI=1S/C14H20O2/c1-4-5-6-9-16-14-10-11(2)7-8-13(14)12(3)15/h4,7-8,10,12,15H,1,5-6,9H2,2-3H3/t12-/m0/s1. The fraction of sp³-hybridized carbons (Fsp3) is 0.429. The van der Waals surface area contributed by atoms with Crippen LogP contribution in [-0.4, -0.2) is 11.7 Å². The molecule has 0 saturated carbocycles. The van der Waals surface area contributed by atoms with E-state index in [0.717, 1.165) is 29.7 Å². The van der Waals surface area contributed by atoms with E-state index < -0.39 is 6.10 Å². The summed E-state index contributed by atoms with van der Waals surface area (Å²) in [5, 5.41) is 9.60. The van der Waals surface area contributed by atoms with Gasteiger partial charge in [0, 0.05) is 5.56 Å². The summed E-state index contributed by atoms with van der Waals surface area (Å²) in [6.45, 7) is 8.10. The molecule has 0 amide bonds. The van der Waals surface area contributed by atoms with Crippen LogP contribution in [0, 0.1) is 6.92 Å². The topological polar surface area (TPSA) is 29.5 Å². The van der Waals surface area contributed by atoms with Crippen LogP contribution >= 0.6 is 0 Å². The molecule has 0 bridgehead atoms. The van der Waals surface area contributed by atoms with Gasteiger partial charge in [0.1, 0.15) is 5.75 Å². The van der Waals surface area contributed by atoms with Crippen molar-refractivity contribution in [1.29, 1.82) is 0 Å². The van der Waals surface area contributed by atoms with E-state index >= 15 is 0 Å². The maximum absolute atomic E-state index is 9.60. The largest absolute Gasteiger partial charge is 0.493 e. The molecule has 16 heavy (non-hydrogen) atoms. The zero-order valence-electron chi connectivity index (χ0n) is 10.1. The van der Waals surface area contributed by atoms with Crippen LogP contribution in [0.25, 0.3) is 0 Å². The fourth-order valence-electron chi connectivity index (χ4n) is 1.52. The van der Waals surface area contributed by atoms with E-state index in [9.17, 15) is 5.11 Å². The van der Waals surface area contributed by atoms with Gasteiger partial charge in [-0.2, -0.15) is 0 Å². The minimum Gasteiger partial charge on any atom is -0.493 e. The second-order valence-corrected chi connectivity index (χ2v) is 4.00. The Kier molecular flexibility index (Phi) is 5.06. The van der Waals surface area contributed by atoms with Gasteiger partial charge in [-0.25, -0.2) is 0 Å². The number of aliphatic hydroxyl groups is 1. The zero-order chi connectivity index (χ0) is 12.0. The summed E-state index contributed by atoms with van der Waals surface area (Å²) in [4.78, 5) is 0. The fourth-order valence-corrected chi connectivity index (χ4v) is 1.52. The maximum atomic E-state index is 9.60. The van der Waals surface area contributed by atoms with Crippen LogP contribution in [0.2, 0.25) is 0 Å². The molecule has 0 aliphatic heterocycles. The lowest BCUT2D eigenvalue weighted by Crippen LogP contribution is -2.02. The summed E-state index contributed by atoms with van der Waals surface area (Å²) in [6, 6.07) is 5.87. The molecule has 0 saturated heterocycles. The normalized spacial score (nSPS) is 12.2. The van der Waals surface area contributed by atoms with Gasteiger partial charge in [-0.15, -0.1) is 6.58 Å². The van der Waals surface area contributed by atoms with Crippen molar-refractivity contribution < 1.29 is 9.84 Å². The van der Waals surface area contributed by atoms with Crippen molar-refractivity contribution in [2.75, 3.05) is 6.61 Å². The summed E-state index contributed by atoms with van der Waals surface area (Å²) in [5.74, 6) is 0.791. The van der Waals surface area contributed by atoms with Gasteiger partial charge < -0.3 is 9.84 Å². The SMILES string of the molecule is C=CCCCOc1cc(C)ccc1[C@H](C)O. The highest BCUT2D eigenvalue weighted by molar-refractivity contribution is 5.38. The minimum atomic E-state index is -0.491. The van der Waals surface area contributed by atoms with Gasteiger partial charge in [-0.05, 0) is 38.3 Å². The monoisotopic (exact) mass is 220 g/mol. The van der Waals surface area contributed by atoms with E-state index in [4.69, 9.17) is 4.74 Å². The molecule has 1 rings (SSSR count). The van der Waals surface area contributed by atoms with Crippen molar-refractivity contribution in [1.82, 2.24) is 0 Å². The van der Waals surface area contributed by atoms with Crippen molar-refractivity contribution in [2.24, 2.45) is 0 Å². The first-order valence-corrected chi connectivity index (χ1v) is 5.67. The van der Waals surface area contributed by atoms with Gasteiger partial charge in [0.15, 0.2) is 0 Å². The summed E-state index contributed by atoms with van der Waals surface area (Å²) in [7, 11) is 0. The Bertz CT molecular complexity index is 343. The first-order valence-electron chi connectivity index (χ1n) is 5.67. The first kappa shape index (κ1) is 12.8. The predicted octanol–water partition coefficient (Wildman–Crippen LogP) is 3.39. The van der Waals surface area contributed by atoms with E-state index in [-0.39, 0.29) is 0 Å². The third-order valence-electron chi connectivity index (χ3n) is 2.43. The molecule has 0 aliphatic rings. The van der Waals surface area contributed by atoms with Crippen LogP contribution in [0.3, 0.4) is 0 Å². The predicted molar refractivity (Wildman–Crippen MR) is 66.7 cm³/mol. The number of benzene rings is 1. The molecule has 0 radical (unpaired) electrons. The third kappa shape index (κ3) is 3.70. The molecule has 0 heterocycles. The number of rotatable bonds is 6. The van der Waals surface area contributed by atoms with E-state index in [1.54, 1.807) is 6.92 Å². The number of aliphatic hydroxyl groups excluding tert-OH is 1. The lowest BCUT2D eigenvalue weighted by molar-refractivity contribution is 0.191. The molecule has 1 N–H and O–H groups in total. The summed E-state index contributed by atoms with van der Waals surface area (Å²) in [5.41, 5.74) is 1.99. The van der Waals surface area contributed by atoms with Crippen LogP contribution in [0.5, 0.6) is 5.75 Å². The second-order valence-electron chi connectivity index (χ2n) is 4.00. The highest BCUT2D eigenvalue weighted by Crippen LogP contribution is 2.26. The Labute approximate surface area is 97.6 Å². The van der Waals surface area contributed by atoms with Gasteiger partial charge in [0.25, 0.3) is 0 Å². The van der Waals surface area contributed by atoms with Gasteiger partial charge in [-0.3, -0.25) is 0 Å². The van der Waals surface area contributed by atoms with Crippen molar-refractivity contribution >= 4 is 0 Å². The van der Waals surface area contributed by atoms with Gasteiger partial charge in [0.2, 0.25) is 0 Å². The lowest BCUT2D eigenvalue weighted by atomic mass is 10.1. The Morgan fingerprint density at radius 1 is 1.50 bits per heavy atom. The Hall–Kier alpha value is -1.28. The van der Waals surface area contributed by atoms with Crippen molar-refractivity contribution in [3.8, 4) is 5.75 Å². The summed E-state index contributed by atoms with van der Waals surface area (Å²) < 4.78 is 5.67. The smallest absolute Gasteiger partial charge is 0.125 e. The molecule has 2 nitrogen and oxygen atoms in total. The van der Waals surface area contributed by atoms with Crippen molar-refractivity contribution in [3.63, 3.8) is 0 Å². The lowest BCUT2D eigenvalue weighted by Gasteiger charge is -2.13. The number of hydrogen-bond acceptors (Lipinski definition) is 2. The number of ether oxygens (including phenoxy) is 1. The van der Waals surface area contributed by atoms with Crippen LogP contribution in [-0.2, 0) is 0 Å². The molecular weight excluding hydrogens is 200 g/mol. The first-order chi connectivity index (χ1) is 7.65. The van der Waals surface area contributed by atoms with Crippen LogP contribution in [0.1, 0.15) is 37.0 Å². The second kappa shape index (κ2) is 6.33. The van der Waals surface area contributed by atoms with Gasteiger partial charge >= 0.3 is 0 Å². The number of hydrogen-bond donors (Lipinski definition) is 1. The molecule has 1 aromatic rings. The van der Waals surface area contributed by atoms with Crippen molar-refractivity contribution in [3.05, 3.63) is 42.0 Å². The molecule has 0 unspecified atom stereocenters. The highest BCUT2D eigenvalue weighted by atomic mass is 16.5. The zero-order valence-corrected chi connectivity index (χ0v) is 10.1. The summed E-state index contributed by atoms with van der Waals surface area (Å²) in [6.07, 6.45) is 3.30. The average molecular weight is 220 g/mol. The molecular formula is C14H20O2. The number of unbranched alkanes of at least 4 members (excludes halogenated alkanes) is 1. The Balaban J connectivity index is 2.68. The quantitative estimate of drug-likeness (QED) is 0.588. The van der Waals surface area contributed by atoms with E-state index in [0.29, 0.717) is 6.61 Å². The number of aryl methyl sites for hydroxylation is 1. The molecule has 0 aliphatic carbocycles. The van der Waals surface area contributed by atoms with E-state index in [2.05, 4.69) is 6.58 Å². The molecule has 1 atom stereocenters. The van der Waals surface area contributed by atoms with E-state index in [1.807, 2.05) is 31.2 Å². The maximum Gasteiger partial charge on any atom is 0.125 e. The Morgan fingerprint density at radius 3 is 2.88 bits per heavy atom. The molecule has 88 valence electrons. The van der Waals surface area contributed by atoms with Crippen LogP contribution in [0.15, 0.2) is 30.9 Å². The molecule has 2 heteroatoms. The third-order valence-corrected chi connectivity index (χ3v) is 2.43. The van der Waals surface area contributed by atoms with Crippen molar-refractivity contribution in [2.45, 2.75) is 32.8 Å². The molecule has 0 spiro atoms. The minimum absolute atomic E-state index is 0.491. The van der Waals surface area contributed by atoms with Crippen LogP contribution < -0.4 is 4.74 Å². The highest BCUT2D eigenvalue weighted by Gasteiger charge is 2.08. The van der Waals surface area contributed by atoms with Crippen LogP contribution in [0.4, 0.5) is 0 Å². The molecule has 0 fully saturated rings. The van der Waals surface area contributed by atoms with E-state index in [1.165, 1.54) is 0 Å². The number of allylic oxidation sites excluding steroid dienone is 1. The average Bonchev–Trinajstić information content (AvgIpc) is 2.24. The summed E-state index contributed by atoms with van der Waals surface area (Å²) >= 11 is 0. The Morgan fingerprint density at radius 2 is 2.25 bits per heavy atom.